The van der Waals surface area contributed by atoms with Gasteiger partial charge in [0.25, 0.3) is 0 Å². The molecule has 17 nitrogen and oxygen atoms in total. The minimum absolute atomic E-state index is 0.0450. The highest BCUT2D eigenvalue weighted by Crippen LogP contribution is 2.46. The van der Waals surface area contributed by atoms with Gasteiger partial charge in [0.15, 0.2) is 0 Å². The fourth-order valence-electron chi connectivity index (χ4n) is 11.1. The fourth-order valence-corrected chi connectivity index (χ4v) is 11.1. The van der Waals surface area contributed by atoms with Gasteiger partial charge in [0, 0.05) is 67.2 Å². The Morgan fingerprint density at radius 1 is 0.767 bits per heavy atom. The summed E-state index contributed by atoms with van der Waals surface area (Å²) in [7, 11) is 2.90. The van der Waals surface area contributed by atoms with E-state index in [2.05, 4.69) is 134 Å². The monoisotopic (exact) mass is 988 g/mol. The third-order valence-electron chi connectivity index (χ3n) is 15.1. The molecular weight excluding hydrogens is 923 g/mol. The van der Waals surface area contributed by atoms with E-state index in [1.807, 2.05) is 48.1 Å². The van der Waals surface area contributed by atoms with Crippen molar-refractivity contribution in [1.29, 1.82) is 0 Å². The number of aliphatic hydroxyl groups is 2. The Balaban J connectivity index is 0.911. The molecule has 0 radical (unpaired) electrons. The summed E-state index contributed by atoms with van der Waals surface area (Å²) in [6.07, 6.45) is 10.5. The molecule has 3 aliphatic rings. The lowest BCUT2D eigenvalue weighted by molar-refractivity contribution is -0.145. The predicted molar refractivity (Wildman–Crippen MR) is 279 cm³/mol. The van der Waals surface area contributed by atoms with Crippen molar-refractivity contribution in [3.05, 3.63) is 127 Å². The van der Waals surface area contributed by atoms with Crippen LogP contribution in [-0.4, -0.2) is 119 Å². The molecule has 4 unspecified atom stereocenters. The Hall–Kier alpha value is -6.70. The summed E-state index contributed by atoms with van der Waals surface area (Å²) >= 11 is 0. The van der Waals surface area contributed by atoms with Gasteiger partial charge in [-0.15, -0.1) is 0 Å². The Labute approximate surface area is 424 Å². The summed E-state index contributed by atoms with van der Waals surface area (Å²) in [5, 5.41) is 27.7. The number of aromatic amines is 2. The first-order valence-electron chi connectivity index (χ1n) is 25.5. The first-order chi connectivity index (χ1) is 35.4. The van der Waals surface area contributed by atoms with Crippen LogP contribution in [0.4, 0.5) is 0 Å². The number of aliphatic hydroxyl groups excluding tert-OH is 2. The van der Waals surface area contributed by atoms with E-state index in [1.54, 1.807) is 0 Å². The highest BCUT2D eigenvalue weighted by Gasteiger charge is 2.38. The van der Waals surface area contributed by atoms with Gasteiger partial charge in [-0.1, -0.05) is 70.2 Å². The van der Waals surface area contributed by atoms with E-state index < -0.39 is 25.1 Å². The average Bonchev–Trinajstić information content (AvgIpc) is 4.27. The van der Waals surface area contributed by atoms with Crippen LogP contribution < -0.4 is 15.4 Å². The Morgan fingerprint density at radius 3 is 2.18 bits per heavy atom. The summed E-state index contributed by atoms with van der Waals surface area (Å²) < 4.78 is 21.6. The number of benzene rings is 3. The zero-order chi connectivity index (χ0) is 50.5. The summed E-state index contributed by atoms with van der Waals surface area (Å²) in [6.45, 7) is 10.5. The lowest BCUT2D eigenvalue weighted by Crippen LogP contribution is -2.52. The number of carbonyl (C=O) groups is 1. The van der Waals surface area contributed by atoms with Gasteiger partial charge in [-0.05, 0) is 91.6 Å². The van der Waals surface area contributed by atoms with Gasteiger partial charge >= 0.3 is 0 Å². The number of rotatable bonds is 17. The molecule has 380 valence electrons. The summed E-state index contributed by atoms with van der Waals surface area (Å²) in [5.74, 6) is 2.54. The Kier molecular flexibility index (Phi) is 13.5. The van der Waals surface area contributed by atoms with Crippen LogP contribution in [0.25, 0.3) is 61.3 Å². The maximum absolute atomic E-state index is 13.9. The topological polar surface area (TPSA) is 195 Å². The number of nitrogens with zero attached hydrogens (tertiary/aromatic N) is 7. The SMILES string of the molecule is COC(O)N[C@H](C(=O)N1CCCC1c1ncc(-c2ccc3c(c2)OC(c2ccc(-c4ccc5cncn5c4)cc2)n2c-3cc3cc(-c4cnc([C@@H]5CCCN5C[C@@H](NC(O)OC)C(C)C)[nH]4)ccc32)[nH]1)C(C)C. The second kappa shape index (κ2) is 20.3. The number of nitrogens with one attached hydrogen (secondary N) is 4. The second-order valence-electron chi connectivity index (χ2n) is 20.4. The predicted octanol–water partition coefficient (Wildman–Crippen LogP) is 8.22. The summed E-state index contributed by atoms with van der Waals surface area (Å²) in [4.78, 5) is 39.6. The highest BCUT2D eigenvalue weighted by atomic mass is 16.6. The Bertz CT molecular complexity index is 3230. The van der Waals surface area contributed by atoms with Crippen molar-refractivity contribution in [1.82, 2.24) is 54.3 Å². The number of imidazole rings is 3. The van der Waals surface area contributed by atoms with E-state index in [4.69, 9.17) is 24.2 Å². The molecule has 6 N–H and O–H groups in total. The number of H-pyrrole nitrogens is 2. The average molecular weight is 988 g/mol. The molecule has 73 heavy (non-hydrogen) atoms. The lowest BCUT2D eigenvalue weighted by Gasteiger charge is -2.31. The lowest BCUT2D eigenvalue weighted by atomic mass is 10.0. The van der Waals surface area contributed by atoms with E-state index in [9.17, 15) is 15.0 Å². The van der Waals surface area contributed by atoms with Crippen LogP contribution in [0.1, 0.15) is 88.9 Å². The van der Waals surface area contributed by atoms with Gasteiger partial charge in [0.05, 0.1) is 71.2 Å². The maximum atomic E-state index is 13.9. The number of pyridine rings is 1. The molecule has 3 aromatic carbocycles. The number of methoxy groups -OCH3 is 2. The van der Waals surface area contributed by atoms with Gasteiger partial charge in [0.2, 0.25) is 25.0 Å². The van der Waals surface area contributed by atoms with Crippen LogP contribution in [0.2, 0.25) is 0 Å². The van der Waals surface area contributed by atoms with Crippen molar-refractivity contribution in [2.45, 2.75) is 96.6 Å². The summed E-state index contributed by atoms with van der Waals surface area (Å²) in [6, 6.07) is 27.3. The van der Waals surface area contributed by atoms with Crippen molar-refractivity contribution in [2.75, 3.05) is 33.9 Å². The molecule has 17 heteroatoms. The molecule has 11 rings (SSSR count). The first-order valence-corrected chi connectivity index (χ1v) is 25.5. The molecular formula is C56H65N11O6. The van der Waals surface area contributed by atoms with Gasteiger partial charge < -0.3 is 48.3 Å². The number of hydrogen-bond acceptors (Lipinski definition) is 12. The molecule has 7 atom stereocenters. The van der Waals surface area contributed by atoms with Crippen LogP contribution in [0.3, 0.4) is 0 Å². The van der Waals surface area contributed by atoms with Gasteiger partial charge in [-0.3, -0.25) is 20.3 Å². The van der Waals surface area contributed by atoms with Crippen LogP contribution in [0.5, 0.6) is 5.75 Å². The zero-order valence-electron chi connectivity index (χ0n) is 42.2. The maximum Gasteiger partial charge on any atom is 0.240 e. The highest BCUT2D eigenvalue weighted by molar-refractivity contribution is 5.92. The summed E-state index contributed by atoms with van der Waals surface area (Å²) in [5.41, 5.74) is 11.0. The molecule has 0 spiro atoms. The van der Waals surface area contributed by atoms with Crippen LogP contribution in [0, 0.1) is 11.8 Å². The second-order valence-corrected chi connectivity index (χ2v) is 20.4. The van der Waals surface area contributed by atoms with E-state index >= 15 is 0 Å². The Morgan fingerprint density at radius 2 is 1.44 bits per heavy atom. The molecule has 0 bridgehead atoms. The minimum Gasteiger partial charge on any atom is -0.465 e. The number of hydrogen-bond donors (Lipinski definition) is 6. The van der Waals surface area contributed by atoms with Crippen molar-refractivity contribution in [2.24, 2.45) is 11.8 Å². The van der Waals surface area contributed by atoms with Crippen molar-refractivity contribution < 1.29 is 29.2 Å². The van der Waals surface area contributed by atoms with Crippen LogP contribution in [0.15, 0.2) is 110 Å². The van der Waals surface area contributed by atoms with Gasteiger partial charge in [-0.2, -0.15) is 0 Å². The molecule has 8 heterocycles. The van der Waals surface area contributed by atoms with E-state index in [1.165, 1.54) is 14.2 Å². The van der Waals surface area contributed by atoms with Crippen molar-refractivity contribution >= 4 is 22.3 Å². The molecule has 1 amide bonds. The van der Waals surface area contributed by atoms with E-state index in [-0.39, 0.29) is 30.0 Å². The molecule has 0 aliphatic carbocycles. The van der Waals surface area contributed by atoms with Gasteiger partial charge in [0.1, 0.15) is 17.4 Å². The number of aromatic nitrogens is 7. The van der Waals surface area contributed by atoms with Gasteiger partial charge in [-0.25, -0.2) is 15.0 Å². The standard InChI is InChI=1S/C56H65N11O6/c1-32(2)44(62-55(69)71-5)30-64-21-7-9-46(64)51-58-27-42(60-51)36-17-20-45-39(23-36)24-48-41-19-16-37(43-28-59-52(61-43)47-10-8-22-66(47)53(68)50(33(3)4)63-56(70)72-6)25-49(41)73-54(67(45)48)35-13-11-34(12-14-35)38-15-18-40-26-57-31-65(40)29-38/h11-20,23-29,31-33,44,46-47,50,54-56,62-63,69-70H,7-10,21-22,30H2,1-6H3,(H,58,60)(H,59,61)/t44-,46+,47?,50+,54?,55?,56?/m1/s1. The third-order valence-corrected chi connectivity index (χ3v) is 15.1. The molecule has 5 aromatic heterocycles. The van der Waals surface area contributed by atoms with Crippen molar-refractivity contribution in [3.8, 4) is 50.6 Å². The third kappa shape index (κ3) is 9.46. The molecule has 0 saturated carbocycles. The normalized spacial score (nSPS) is 19.7. The number of amides is 1. The molecule has 8 aromatic rings. The smallest absolute Gasteiger partial charge is 0.240 e. The van der Waals surface area contributed by atoms with Crippen molar-refractivity contribution in [3.63, 3.8) is 0 Å². The van der Waals surface area contributed by atoms with Crippen LogP contribution in [-0.2, 0) is 14.3 Å². The quantitative estimate of drug-likeness (QED) is 0.0480. The molecule has 2 saturated heterocycles. The van der Waals surface area contributed by atoms with E-state index in [0.717, 1.165) is 123 Å². The molecule has 3 aliphatic heterocycles. The fraction of sp³-hybridized carbons (Fsp3) is 0.393. The number of fused-ring (bicyclic) bond motifs is 6. The van der Waals surface area contributed by atoms with E-state index in [0.29, 0.717) is 12.5 Å². The number of ether oxygens (including phenoxy) is 3. The van der Waals surface area contributed by atoms with Crippen LogP contribution >= 0.6 is 0 Å². The minimum atomic E-state index is -1.25. The number of carbonyl (C=O) groups excluding carboxylic acids is 1. The zero-order valence-corrected chi connectivity index (χ0v) is 42.2. The number of likely N-dealkylation sites (tertiary alicyclic amines) is 2. The largest absolute Gasteiger partial charge is 0.465 e. The molecule has 2 fully saturated rings. The first kappa shape index (κ1) is 48.6.